The van der Waals surface area contributed by atoms with Crippen LogP contribution in [0.2, 0.25) is 0 Å². The van der Waals surface area contributed by atoms with Gasteiger partial charge in [-0.1, -0.05) is 19.1 Å². The van der Waals surface area contributed by atoms with E-state index in [4.69, 9.17) is 9.84 Å². The van der Waals surface area contributed by atoms with E-state index in [0.29, 0.717) is 18.2 Å². The van der Waals surface area contributed by atoms with E-state index in [1.165, 1.54) is 16.8 Å². The summed E-state index contributed by atoms with van der Waals surface area (Å²) in [6, 6.07) is 8.60. The summed E-state index contributed by atoms with van der Waals surface area (Å²) in [4.78, 5) is 38.0. The Balaban J connectivity index is 1.92. The molecule has 0 unspecified atom stereocenters. The van der Waals surface area contributed by atoms with E-state index in [1.807, 2.05) is 6.07 Å². The van der Waals surface area contributed by atoms with Crippen LogP contribution in [0.25, 0.3) is 0 Å². The molecule has 0 bridgehead atoms. The number of ether oxygens (including phenoxy) is 1. The van der Waals surface area contributed by atoms with Crippen molar-refractivity contribution in [1.82, 2.24) is 15.2 Å². The Labute approximate surface area is 174 Å². The number of aliphatic hydroxyl groups excluding tert-OH is 1. The highest BCUT2D eigenvalue weighted by Gasteiger charge is 2.34. The third-order valence-corrected chi connectivity index (χ3v) is 4.97. The zero-order valence-corrected chi connectivity index (χ0v) is 17.2. The molecule has 2 amide bonds. The maximum Gasteiger partial charge on any atom is 0.263 e. The second-order valence-corrected chi connectivity index (χ2v) is 7.45. The molecule has 1 aliphatic rings. The monoisotopic (exact) mass is 413 g/mol. The Morgan fingerprint density at radius 2 is 2.03 bits per heavy atom. The van der Waals surface area contributed by atoms with Gasteiger partial charge in [-0.25, -0.2) is 0 Å². The van der Waals surface area contributed by atoms with Crippen LogP contribution in [-0.4, -0.2) is 47.3 Å². The van der Waals surface area contributed by atoms with Crippen molar-refractivity contribution in [3.05, 3.63) is 63.6 Å². The molecule has 1 saturated carbocycles. The number of carbonyl (C=O) groups excluding carboxylic acids is 2. The highest BCUT2D eigenvalue weighted by atomic mass is 16.5. The summed E-state index contributed by atoms with van der Waals surface area (Å²) in [6.07, 6.45) is 2.41. The van der Waals surface area contributed by atoms with Crippen molar-refractivity contribution in [2.75, 3.05) is 19.8 Å². The predicted octanol–water partition coefficient (Wildman–Crippen LogP) is 1.16. The minimum atomic E-state index is -0.509. The van der Waals surface area contributed by atoms with Gasteiger partial charge in [-0.2, -0.15) is 0 Å². The van der Waals surface area contributed by atoms with Gasteiger partial charge in [-0.15, -0.1) is 0 Å². The maximum atomic E-state index is 12.9. The zero-order chi connectivity index (χ0) is 21.7. The van der Waals surface area contributed by atoms with Crippen LogP contribution in [0.3, 0.4) is 0 Å². The molecule has 1 aliphatic carbocycles. The first-order valence-corrected chi connectivity index (χ1v) is 10.1. The highest BCUT2D eigenvalue weighted by Crippen LogP contribution is 2.29. The number of pyridine rings is 1. The Morgan fingerprint density at radius 3 is 2.70 bits per heavy atom. The number of benzene rings is 1. The van der Waals surface area contributed by atoms with Gasteiger partial charge in [-0.05, 0) is 43.0 Å². The summed E-state index contributed by atoms with van der Waals surface area (Å²) < 4.78 is 6.78. The first kappa shape index (κ1) is 21.6. The van der Waals surface area contributed by atoms with Gasteiger partial charge in [0.25, 0.3) is 17.4 Å². The lowest BCUT2D eigenvalue weighted by Crippen LogP contribution is -2.35. The summed E-state index contributed by atoms with van der Waals surface area (Å²) >= 11 is 0. The van der Waals surface area contributed by atoms with E-state index in [-0.39, 0.29) is 42.8 Å². The van der Waals surface area contributed by atoms with E-state index in [9.17, 15) is 14.4 Å². The number of aromatic nitrogens is 1. The molecule has 1 heterocycles. The van der Waals surface area contributed by atoms with Crippen molar-refractivity contribution in [2.24, 2.45) is 5.92 Å². The first-order chi connectivity index (χ1) is 14.4. The maximum absolute atomic E-state index is 12.9. The molecule has 3 N–H and O–H groups in total. The number of rotatable bonds is 9. The largest absolute Gasteiger partial charge is 0.491 e. The lowest BCUT2D eigenvalue weighted by Gasteiger charge is -2.13. The van der Waals surface area contributed by atoms with Crippen LogP contribution in [-0.2, 0) is 6.54 Å². The van der Waals surface area contributed by atoms with E-state index in [1.54, 1.807) is 25.1 Å². The van der Waals surface area contributed by atoms with Crippen molar-refractivity contribution in [3.63, 3.8) is 0 Å². The quantitative estimate of drug-likeness (QED) is 0.571. The lowest BCUT2D eigenvalue weighted by atomic mass is 10.1. The van der Waals surface area contributed by atoms with Gasteiger partial charge in [0.1, 0.15) is 17.9 Å². The van der Waals surface area contributed by atoms with Gasteiger partial charge in [0.2, 0.25) is 0 Å². The Morgan fingerprint density at radius 1 is 1.27 bits per heavy atom. The molecule has 3 rings (SSSR count). The molecule has 0 saturated heterocycles. The molecule has 0 aliphatic heterocycles. The van der Waals surface area contributed by atoms with Crippen LogP contribution >= 0.6 is 0 Å². The van der Waals surface area contributed by atoms with Gasteiger partial charge < -0.3 is 25.0 Å². The normalized spacial score (nSPS) is 17.3. The van der Waals surface area contributed by atoms with Gasteiger partial charge in [0.15, 0.2) is 0 Å². The molecule has 30 heavy (non-hydrogen) atoms. The molecule has 8 nitrogen and oxygen atoms in total. The molecule has 0 radical (unpaired) electrons. The van der Waals surface area contributed by atoms with Crippen LogP contribution in [0, 0.1) is 5.92 Å². The summed E-state index contributed by atoms with van der Waals surface area (Å²) in [5, 5.41) is 14.5. The zero-order valence-electron chi connectivity index (χ0n) is 17.2. The number of nitrogens with one attached hydrogen (secondary N) is 2. The highest BCUT2D eigenvalue weighted by molar-refractivity contribution is 5.99. The first-order valence-electron chi connectivity index (χ1n) is 10.1. The van der Waals surface area contributed by atoms with Crippen molar-refractivity contribution >= 4 is 11.8 Å². The van der Waals surface area contributed by atoms with Gasteiger partial charge in [-0.3, -0.25) is 14.4 Å². The Hall–Kier alpha value is -3.13. The van der Waals surface area contributed by atoms with E-state index in [2.05, 4.69) is 17.6 Å². The summed E-state index contributed by atoms with van der Waals surface area (Å²) in [7, 11) is 0. The molecule has 1 fully saturated rings. The number of hydrogen-bond donors (Lipinski definition) is 3. The summed E-state index contributed by atoms with van der Waals surface area (Å²) in [5.74, 6) is 0.189. The van der Waals surface area contributed by atoms with Crippen LogP contribution in [0.5, 0.6) is 5.75 Å². The van der Waals surface area contributed by atoms with Crippen LogP contribution in [0.1, 0.15) is 46.5 Å². The molecular weight excluding hydrogens is 386 g/mol. The van der Waals surface area contributed by atoms with Crippen molar-refractivity contribution in [3.8, 4) is 5.75 Å². The topological polar surface area (TPSA) is 110 Å². The average molecular weight is 413 g/mol. The lowest BCUT2D eigenvalue weighted by molar-refractivity contribution is 0.0948. The Kier molecular flexibility index (Phi) is 6.89. The molecule has 0 spiro atoms. The minimum Gasteiger partial charge on any atom is -0.491 e. The molecule has 1 aromatic carbocycles. The molecule has 160 valence electrons. The van der Waals surface area contributed by atoms with Gasteiger partial charge >= 0.3 is 0 Å². The predicted molar refractivity (Wildman–Crippen MR) is 112 cm³/mol. The molecular formula is C22H27N3O5. The smallest absolute Gasteiger partial charge is 0.263 e. The molecule has 1 aromatic heterocycles. The fraction of sp³-hybridized carbons (Fsp3) is 0.409. The van der Waals surface area contributed by atoms with Crippen molar-refractivity contribution in [2.45, 2.75) is 32.9 Å². The Bertz CT molecular complexity index is 985. The van der Waals surface area contributed by atoms with E-state index >= 15 is 0 Å². The number of carbonyl (C=O) groups is 2. The minimum absolute atomic E-state index is 0.0685. The molecule has 2 aromatic rings. The standard InChI is InChI=1S/C22H27N3O5/c1-3-23-21(28)18-11-16(20(27)24-19-9-14(19)2)13-25(22(18)29)12-15-5-4-6-17(10-15)30-8-7-26/h4-6,10-11,13-14,19,26H,3,7-9,12H2,1-2H3,(H,23,28)(H,24,27)/t14-,19-/m0/s1. The van der Waals surface area contributed by atoms with Gasteiger partial charge in [0, 0.05) is 18.8 Å². The second kappa shape index (κ2) is 9.58. The third kappa shape index (κ3) is 5.27. The van der Waals surface area contributed by atoms with Crippen LogP contribution in [0.15, 0.2) is 41.3 Å². The number of nitrogens with zero attached hydrogens (tertiary/aromatic N) is 1. The van der Waals surface area contributed by atoms with E-state index in [0.717, 1.165) is 12.0 Å². The van der Waals surface area contributed by atoms with Crippen LogP contribution in [0.4, 0.5) is 0 Å². The number of hydrogen-bond acceptors (Lipinski definition) is 5. The van der Waals surface area contributed by atoms with E-state index < -0.39 is 11.5 Å². The summed E-state index contributed by atoms with van der Waals surface area (Å²) in [6.45, 7) is 4.43. The third-order valence-electron chi connectivity index (χ3n) is 4.97. The average Bonchev–Trinajstić information content (AvgIpc) is 3.42. The fourth-order valence-corrected chi connectivity index (χ4v) is 3.16. The number of aliphatic hydroxyl groups is 1. The summed E-state index contributed by atoms with van der Waals surface area (Å²) in [5.41, 5.74) is 0.491. The molecule has 2 atom stereocenters. The van der Waals surface area contributed by atoms with Crippen molar-refractivity contribution < 1.29 is 19.4 Å². The SMILES string of the molecule is CCNC(=O)c1cc(C(=O)N[C@H]2C[C@@H]2C)cn(Cc2cccc(OCCO)c2)c1=O. The molecule has 8 heteroatoms. The number of amides is 2. The van der Waals surface area contributed by atoms with Crippen LogP contribution < -0.4 is 20.9 Å². The second-order valence-electron chi connectivity index (χ2n) is 7.45. The fourth-order valence-electron chi connectivity index (χ4n) is 3.16. The van der Waals surface area contributed by atoms with Gasteiger partial charge in [0.05, 0.1) is 18.7 Å². The van der Waals surface area contributed by atoms with Crippen molar-refractivity contribution in [1.29, 1.82) is 0 Å².